The Labute approximate surface area is 158 Å². The summed E-state index contributed by atoms with van der Waals surface area (Å²) in [5.74, 6) is 0. The first-order valence-electron chi connectivity index (χ1n) is 8.26. The maximum atomic E-state index is 12.9. The van der Waals surface area contributed by atoms with Gasteiger partial charge in [0.05, 0.1) is 4.90 Å². The monoisotopic (exact) mass is 432 g/mol. The number of amides is 1. The van der Waals surface area contributed by atoms with Crippen LogP contribution in [0, 0.1) is 0 Å². The number of alkyl carbamates (subject to hydrolysis) is 1. The second-order valence-electron chi connectivity index (χ2n) is 7.13. The molecule has 1 aromatic carbocycles. The topological polar surface area (TPSA) is 75.7 Å². The van der Waals surface area contributed by atoms with E-state index in [1.807, 2.05) is 6.07 Å². The molecule has 1 heterocycles. The fraction of sp³-hybridized carbons (Fsp3) is 0.588. The van der Waals surface area contributed by atoms with Crippen molar-refractivity contribution in [3.63, 3.8) is 0 Å². The lowest BCUT2D eigenvalue weighted by molar-refractivity contribution is 0.0487. The van der Waals surface area contributed by atoms with Gasteiger partial charge in [0.25, 0.3) is 0 Å². The number of nitrogens with zero attached hydrogens (tertiary/aromatic N) is 1. The van der Waals surface area contributed by atoms with E-state index in [0.717, 1.165) is 12.0 Å². The van der Waals surface area contributed by atoms with E-state index in [1.165, 1.54) is 4.31 Å². The minimum Gasteiger partial charge on any atom is -0.444 e. The van der Waals surface area contributed by atoms with Crippen molar-refractivity contribution < 1.29 is 17.9 Å². The summed E-state index contributed by atoms with van der Waals surface area (Å²) in [6.45, 7) is 6.08. The molecule has 0 spiro atoms. The molecule has 0 saturated carbocycles. The maximum Gasteiger partial charge on any atom is 0.407 e. The van der Waals surface area contributed by atoms with Crippen molar-refractivity contribution in [1.82, 2.24) is 9.62 Å². The van der Waals surface area contributed by atoms with E-state index in [-0.39, 0.29) is 17.5 Å². The molecule has 0 aromatic heterocycles. The average molecular weight is 433 g/mol. The SMILES string of the molecule is CC(C)(C)OC(=O)NC1CCCN(S(=O)(=O)c2cccc(CBr)c2)C1. The van der Waals surface area contributed by atoms with Gasteiger partial charge in [0.15, 0.2) is 0 Å². The van der Waals surface area contributed by atoms with Crippen LogP contribution in [-0.2, 0) is 20.1 Å². The Balaban J connectivity index is 2.08. The first-order chi connectivity index (χ1) is 11.6. The van der Waals surface area contributed by atoms with Crippen LogP contribution in [0.15, 0.2) is 29.2 Å². The molecule has 1 saturated heterocycles. The van der Waals surface area contributed by atoms with Gasteiger partial charge in [0, 0.05) is 24.5 Å². The molecule has 1 amide bonds. The molecular weight excluding hydrogens is 408 g/mol. The Morgan fingerprint density at radius 1 is 1.40 bits per heavy atom. The first-order valence-corrected chi connectivity index (χ1v) is 10.8. The van der Waals surface area contributed by atoms with Gasteiger partial charge in [-0.25, -0.2) is 13.2 Å². The normalized spacial score (nSPS) is 19.4. The molecule has 1 aromatic rings. The zero-order valence-electron chi connectivity index (χ0n) is 14.8. The summed E-state index contributed by atoms with van der Waals surface area (Å²) >= 11 is 3.35. The van der Waals surface area contributed by atoms with Crippen LogP contribution < -0.4 is 5.32 Å². The number of hydrogen-bond donors (Lipinski definition) is 1. The predicted molar refractivity (Wildman–Crippen MR) is 100 cm³/mol. The molecular formula is C17H25BrN2O4S. The van der Waals surface area contributed by atoms with Crippen LogP contribution >= 0.6 is 15.9 Å². The van der Waals surface area contributed by atoms with E-state index < -0.39 is 21.7 Å². The van der Waals surface area contributed by atoms with Crippen molar-refractivity contribution in [2.45, 2.75) is 55.5 Å². The van der Waals surface area contributed by atoms with E-state index in [4.69, 9.17) is 4.74 Å². The Morgan fingerprint density at radius 3 is 2.76 bits per heavy atom. The van der Waals surface area contributed by atoms with Crippen molar-refractivity contribution in [2.24, 2.45) is 0 Å². The third-order valence-electron chi connectivity index (χ3n) is 3.80. The number of benzene rings is 1. The molecule has 25 heavy (non-hydrogen) atoms. The van der Waals surface area contributed by atoms with Crippen molar-refractivity contribution >= 4 is 32.0 Å². The number of alkyl halides is 1. The Hall–Kier alpha value is -1.12. The van der Waals surface area contributed by atoms with Gasteiger partial charge in [-0.05, 0) is 51.3 Å². The van der Waals surface area contributed by atoms with Crippen molar-refractivity contribution in [3.05, 3.63) is 29.8 Å². The smallest absolute Gasteiger partial charge is 0.407 e. The number of halogens is 1. The van der Waals surface area contributed by atoms with Crippen LogP contribution in [0.3, 0.4) is 0 Å². The van der Waals surface area contributed by atoms with Gasteiger partial charge < -0.3 is 10.1 Å². The van der Waals surface area contributed by atoms with Crippen LogP contribution in [0.4, 0.5) is 4.79 Å². The van der Waals surface area contributed by atoms with Gasteiger partial charge in [-0.1, -0.05) is 28.1 Å². The lowest BCUT2D eigenvalue weighted by Crippen LogP contribution is -2.50. The number of carbonyl (C=O) groups is 1. The fourth-order valence-corrected chi connectivity index (χ4v) is 4.63. The van der Waals surface area contributed by atoms with Crippen molar-refractivity contribution in [2.75, 3.05) is 13.1 Å². The van der Waals surface area contributed by atoms with Crippen molar-refractivity contribution in [1.29, 1.82) is 0 Å². The summed E-state index contributed by atoms with van der Waals surface area (Å²) in [4.78, 5) is 12.2. The maximum absolute atomic E-state index is 12.9. The number of hydrogen-bond acceptors (Lipinski definition) is 4. The molecule has 2 rings (SSSR count). The Bertz CT molecular complexity index is 716. The van der Waals surface area contributed by atoms with E-state index in [2.05, 4.69) is 21.2 Å². The van der Waals surface area contributed by atoms with Gasteiger partial charge in [0.2, 0.25) is 10.0 Å². The molecule has 1 aliphatic heterocycles. The number of rotatable bonds is 4. The van der Waals surface area contributed by atoms with Gasteiger partial charge in [0.1, 0.15) is 5.60 Å². The molecule has 0 bridgehead atoms. The van der Waals surface area contributed by atoms with Crippen LogP contribution in [0.1, 0.15) is 39.2 Å². The van der Waals surface area contributed by atoms with Crippen LogP contribution in [0.5, 0.6) is 0 Å². The number of ether oxygens (including phenoxy) is 1. The quantitative estimate of drug-likeness (QED) is 0.740. The number of carbonyl (C=O) groups excluding carboxylic acids is 1. The molecule has 1 N–H and O–H groups in total. The fourth-order valence-electron chi connectivity index (χ4n) is 2.69. The minimum atomic E-state index is -3.58. The summed E-state index contributed by atoms with van der Waals surface area (Å²) in [6.07, 6.45) is 0.905. The summed E-state index contributed by atoms with van der Waals surface area (Å²) in [5, 5.41) is 3.37. The predicted octanol–water partition coefficient (Wildman–Crippen LogP) is 3.26. The third kappa shape index (κ3) is 5.69. The first kappa shape index (κ1) is 20.2. The van der Waals surface area contributed by atoms with Gasteiger partial charge in [-0.3, -0.25) is 0 Å². The van der Waals surface area contributed by atoms with Crippen LogP contribution in [0.25, 0.3) is 0 Å². The number of piperidine rings is 1. The second kappa shape index (κ2) is 8.05. The highest BCUT2D eigenvalue weighted by Crippen LogP contribution is 2.22. The average Bonchev–Trinajstić information content (AvgIpc) is 2.53. The molecule has 1 atom stereocenters. The zero-order valence-corrected chi connectivity index (χ0v) is 17.2. The van der Waals surface area contributed by atoms with Gasteiger partial charge in [-0.2, -0.15) is 4.31 Å². The van der Waals surface area contributed by atoms with Crippen LogP contribution in [-0.4, -0.2) is 43.5 Å². The highest BCUT2D eigenvalue weighted by atomic mass is 79.9. The molecule has 1 unspecified atom stereocenters. The summed E-state index contributed by atoms with van der Waals surface area (Å²) in [5.41, 5.74) is 0.321. The number of sulfonamides is 1. The largest absolute Gasteiger partial charge is 0.444 e. The lowest BCUT2D eigenvalue weighted by atomic mass is 10.1. The standard InChI is InChI=1S/C17H25BrN2O4S/c1-17(2,3)24-16(21)19-14-7-5-9-20(12-14)25(22,23)15-8-4-6-13(10-15)11-18/h4,6,8,10,14H,5,7,9,11-12H2,1-3H3,(H,19,21). The third-order valence-corrected chi connectivity index (χ3v) is 6.30. The van der Waals surface area contributed by atoms with E-state index in [9.17, 15) is 13.2 Å². The van der Waals surface area contributed by atoms with E-state index in [0.29, 0.717) is 18.3 Å². The molecule has 8 heteroatoms. The minimum absolute atomic E-state index is 0.250. The molecule has 140 valence electrons. The lowest BCUT2D eigenvalue weighted by Gasteiger charge is -2.32. The molecule has 1 fully saturated rings. The zero-order chi connectivity index (χ0) is 18.7. The highest BCUT2D eigenvalue weighted by molar-refractivity contribution is 9.08. The summed E-state index contributed by atoms with van der Waals surface area (Å²) in [6, 6.07) is 6.64. The van der Waals surface area contributed by atoms with Gasteiger partial charge >= 0.3 is 6.09 Å². The molecule has 0 aliphatic carbocycles. The number of nitrogens with one attached hydrogen (secondary N) is 1. The Morgan fingerprint density at radius 2 is 2.12 bits per heavy atom. The van der Waals surface area contributed by atoms with Crippen LogP contribution in [0.2, 0.25) is 0 Å². The summed E-state index contributed by atoms with van der Waals surface area (Å²) < 4.78 is 32.5. The summed E-state index contributed by atoms with van der Waals surface area (Å²) in [7, 11) is -3.58. The van der Waals surface area contributed by atoms with Crippen molar-refractivity contribution in [3.8, 4) is 0 Å². The second-order valence-corrected chi connectivity index (χ2v) is 9.63. The molecule has 6 nitrogen and oxygen atoms in total. The van der Waals surface area contributed by atoms with E-state index >= 15 is 0 Å². The Kier molecular flexibility index (Phi) is 6.51. The molecule has 1 aliphatic rings. The van der Waals surface area contributed by atoms with E-state index in [1.54, 1.807) is 39.0 Å². The molecule has 0 radical (unpaired) electrons. The highest BCUT2D eigenvalue weighted by Gasteiger charge is 2.31. The van der Waals surface area contributed by atoms with Gasteiger partial charge in [-0.15, -0.1) is 0 Å².